The molecule has 3 nitrogen and oxygen atoms in total. The number of nitrogens with one attached hydrogen (secondary N) is 1. The average Bonchev–Trinajstić information content (AvgIpc) is 2.70. The maximum Gasteiger partial charge on any atom is 0.115 e. The molecule has 0 spiro atoms. The molecular weight excluding hydrogens is 190 g/mol. The minimum Gasteiger partial charge on any atom is -0.508 e. The highest BCUT2D eigenvalue weighted by molar-refractivity contribution is 5.28. The minimum atomic E-state index is -0.479. The van der Waals surface area contributed by atoms with Crippen molar-refractivity contribution in [2.75, 3.05) is 6.54 Å². The van der Waals surface area contributed by atoms with E-state index in [0.717, 1.165) is 24.9 Å². The van der Waals surface area contributed by atoms with Crippen molar-refractivity contribution in [3.05, 3.63) is 29.8 Å². The van der Waals surface area contributed by atoms with E-state index in [0.29, 0.717) is 6.04 Å². The van der Waals surface area contributed by atoms with Crippen LogP contribution in [-0.2, 0) is 0 Å². The van der Waals surface area contributed by atoms with Crippen molar-refractivity contribution in [1.82, 2.24) is 5.32 Å². The van der Waals surface area contributed by atoms with E-state index in [1.807, 2.05) is 6.07 Å². The first-order valence-corrected chi connectivity index (χ1v) is 5.46. The normalized spacial score (nSPS) is 22.9. The fourth-order valence-electron chi connectivity index (χ4n) is 2.10. The summed E-state index contributed by atoms with van der Waals surface area (Å²) >= 11 is 0. The number of phenols is 1. The summed E-state index contributed by atoms with van der Waals surface area (Å²) in [5, 5.41) is 22.6. The number of hydrogen-bond acceptors (Lipinski definition) is 3. The van der Waals surface area contributed by atoms with Gasteiger partial charge in [-0.1, -0.05) is 12.1 Å². The molecule has 1 heterocycles. The van der Waals surface area contributed by atoms with Crippen LogP contribution in [0.25, 0.3) is 0 Å². The Morgan fingerprint density at radius 1 is 1.47 bits per heavy atom. The first kappa shape index (κ1) is 10.5. The summed E-state index contributed by atoms with van der Waals surface area (Å²) in [4.78, 5) is 0. The first-order chi connectivity index (χ1) is 7.25. The number of aliphatic hydroxyl groups is 1. The van der Waals surface area contributed by atoms with Crippen LogP contribution in [0.3, 0.4) is 0 Å². The summed E-state index contributed by atoms with van der Waals surface area (Å²) in [6, 6.07) is 7.27. The lowest BCUT2D eigenvalue weighted by Crippen LogP contribution is -2.23. The Labute approximate surface area is 89.8 Å². The maximum absolute atomic E-state index is 9.95. The van der Waals surface area contributed by atoms with Crippen LogP contribution in [0.5, 0.6) is 5.75 Å². The van der Waals surface area contributed by atoms with Crippen LogP contribution in [0.1, 0.15) is 30.9 Å². The van der Waals surface area contributed by atoms with Gasteiger partial charge in [0.15, 0.2) is 0 Å². The minimum absolute atomic E-state index is 0.214. The standard InChI is InChI=1S/C12H17NO2/c14-11-5-1-3-9(7-11)12(15)8-10-4-2-6-13-10/h1,3,5,7,10,12-15H,2,4,6,8H2. The highest BCUT2D eigenvalue weighted by Crippen LogP contribution is 2.24. The van der Waals surface area contributed by atoms with Crippen LogP contribution >= 0.6 is 0 Å². The van der Waals surface area contributed by atoms with Gasteiger partial charge in [0.1, 0.15) is 5.75 Å². The topological polar surface area (TPSA) is 52.5 Å². The van der Waals surface area contributed by atoms with E-state index in [4.69, 9.17) is 0 Å². The molecule has 3 heteroatoms. The zero-order valence-corrected chi connectivity index (χ0v) is 8.69. The third-order valence-corrected chi connectivity index (χ3v) is 2.93. The Bertz CT molecular complexity index is 321. The van der Waals surface area contributed by atoms with Crippen molar-refractivity contribution in [3.8, 4) is 5.75 Å². The molecule has 2 unspecified atom stereocenters. The Balaban J connectivity index is 1.97. The molecule has 82 valence electrons. The number of benzene rings is 1. The molecule has 0 radical (unpaired) electrons. The van der Waals surface area contributed by atoms with E-state index in [-0.39, 0.29) is 5.75 Å². The first-order valence-electron chi connectivity index (χ1n) is 5.46. The van der Waals surface area contributed by atoms with Gasteiger partial charge in [-0.2, -0.15) is 0 Å². The van der Waals surface area contributed by atoms with Crippen LogP contribution in [-0.4, -0.2) is 22.8 Å². The van der Waals surface area contributed by atoms with E-state index in [1.165, 1.54) is 6.42 Å². The van der Waals surface area contributed by atoms with Crippen LogP contribution in [0.4, 0.5) is 0 Å². The molecule has 1 aromatic carbocycles. The molecule has 0 saturated carbocycles. The molecule has 0 aromatic heterocycles. The Kier molecular flexibility index (Phi) is 3.23. The number of aliphatic hydroxyl groups excluding tert-OH is 1. The van der Waals surface area contributed by atoms with Gasteiger partial charge in [-0.05, 0) is 43.5 Å². The summed E-state index contributed by atoms with van der Waals surface area (Å²) < 4.78 is 0. The smallest absolute Gasteiger partial charge is 0.115 e. The summed E-state index contributed by atoms with van der Waals surface area (Å²) in [6.45, 7) is 1.05. The zero-order valence-electron chi connectivity index (χ0n) is 8.69. The summed E-state index contributed by atoms with van der Waals surface area (Å²) in [5.41, 5.74) is 0.795. The molecule has 0 aliphatic carbocycles. The van der Waals surface area contributed by atoms with Gasteiger partial charge >= 0.3 is 0 Å². The van der Waals surface area contributed by atoms with E-state index in [1.54, 1.807) is 18.2 Å². The summed E-state index contributed by atoms with van der Waals surface area (Å²) in [7, 11) is 0. The fraction of sp³-hybridized carbons (Fsp3) is 0.500. The molecule has 1 fully saturated rings. The van der Waals surface area contributed by atoms with Gasteiger partial charge in [-0.3, -0.25) is 0 Å². The van der Waals surface area contributed by atoms with Crippen LogP contribution < -0.4 is 5.32 Å². The number of rotatable bonds is 3. The second-order valence-electron chi connectivity index (χ2n) is 4.14. The van der Waals surface area contributed by atoms with Gasteiger partial charge in [-0.25, -0.2) is 0 Å². The third-order valence-electron chi connectivity index (χ3n) is 2.93. The van der Waals surface area contributed by atoms with Gasteiger partial charge in [0, 0.05) is 6.04 Å². The molecule has 1 aliphatic heterocycles. The van der Waals surface area contributed by atoms with Gasteiger partial charge in [0.2, 0.25) is 0 Å². The van der Waals surface area contributed by atoms with Crippen LogP contribution in [0.2, 0.25) is 0 Å². The lowest BCUT2D eigenvalue weighted by atomic mass is 10.0. The van der Waals surface area contributed by atoms with E-state index in [2.05, 4.69) is 5.32 Å². The number of hydrogen-bond donors (Lipinski definition) is 3. The van der Waals surface area contributed by atoms with Gasteiger partial charge in [0.25, 0.3) is 0 Å². The van der Waals surface area contributed by atoms with Crippen molar-refractivity contribution < 1.29 is 10.2 Å². The molecule has 1 aliphatic rings. The Morgan fingerprint density at radius 3 is 3.00 bits per heavy atom. The largest absolute Gasteiger partial charge is 0.508 e. The SMILES string of the molecule is Oc1cccc(C(O)CC2CCCN2)c1. The predicted molar refractivity (Wildman–Crippen MR) is 58.7 cm³/mol. The second-order valence-corrected chi connectivity index (χ2v) is 4.14. The van der Waals surface area contributed by atoms with E-state index < -0.39 is 6.10 Å². The second kappa shape index (κ2) is 4.64. The molecule has 0 bridgehead atoms. The predicted octanol–water partition coefficient (Wildman–Crippen LogP) is 1.57. The Hall–Kier alpha value is -1.06. The molecule has 1 aromatic rings. The molecule has 3 N–H and O–H groups in total. The monoisotopic (exact) mass is 207 g/mol. The van der Waals surface area contributed by atoms with Gasteiger partial charge in [0.05, 0.1) is 6.10 Å². The lowest BCUT2D eigenvalue weighted by molar-refractivity contribution is 0.154. The number of phenolic OH excluding ortho intramolecular Hbond substituents is 1. The van der Waals surface area contributed by atoms with E-state index >= 15 is 0 Å². The van der Waals surface area contributed by atoms with Gasteiger partial charge < -0.3 is 15.5 Å². The van der Waals surface area contributed by atoms with E-state index in [9.17, 15) is 10.2 Å². The Morgan fingerprint density at radius 2 is 2.33 bits per heavy atom. The molecule has 1 saturated heterocycles. The van der Waals surface area contributed by atoms with Gasteiger partial charge in [-0.15, -0.1) is 0 Å². The number of aromatic hydroxyl groups is 1. The van der Waals surface area contributed by atoms with Crippen LogP contribution in [0.15, 0.2) is 24.3 Å². The highest BCUT2D eigenvalue weighted by atomic mass is 16.3. The quantitative estimate of drug-likeness (QED) is 0.705. The van der Waals surface area contributed by atoms with Crippen molar-refractivity contribution in [3.63, 3.8) is 0 Å². The van der Waals surface area contributed by atoms with Crippen molar-refractivity contribution in [2.45, 2.75) is 31.4 Å². The van der Waals surface area contributed by atoms with Crippen molar-refractivity contribution in [1.29, 1.82) is 0 Å². The fourth-order valence-corrected chi connectivity index (χ4v) is 2.10. The summed E-state index contributed by atoms with van der Waals surface area (Å²) in [6.07, 6.45) is 2.57. The molecule has 2 atom stereocenters. The highest BCUT2D eigenvalue weighted by Gasteiger charge is 2.19. The zero-order chi connectivity index (χ0) is 10.7. The summed E-state index contributed by atoms with van der Waals surface area (Å²) in [5.74, 6) is 0.214. The molecule has 2 rings (SSSR count). The van der Waals surface area contributed by atoms with Crippen LogP contribution in [0, 0.1) is 0 Å². The maximum atomic E-state index is 9.95. The molecule has 15 heavy (non-hydrogen) atoms. The van der Waals surface area contributed by atoms with Crippen molar-refractivity contribution >= 4 is 0 Å². The average molecular weight is 207 g/mol. The third kappa shape index (κ3) is 2.70. The molecular formula is C12H17NO2. The molecule has 0 amide bonds. The lowest BCUT2D eigenvalue weighted by Gasteiger charge is -2.16. The van der Waals surface area contributed by atoms with Crippen molar-refractivity contribution in [2.24, 2.45) is 0 Å².